The number of hydrogen-bond acceptors (Lipinski definition) is 3. The molecular formula is C15H16N4. The van der Waals surface area contributed by atoms with Gasteiger partial charge in [0.05, 0.1) is 5.69 Å². The minimum atomic E-state index is 0.474. The number of rotatable bonds is 1. The molecule has 0 unspecified atom stereocenters. The molecule has 19 heavy (non-hydrogen) atoms. The molecule has 2 aromatic heterocycles. The summed E-state index contributed by atoms with van der Waals surface area (Å²) >= 11 is 0. The van der Waals surface area contributed by atoms with Crippen LogP contribution in [0.4, 0.5) is 5.95 Å². The number of aromatic nitrogens is 3. The molecule has 2 N–H and O–H groups in total. The van der Waals surface area contributed by atoms with Gasteiger partial charge in [-0.3, -0.25) is 4.57 Å². The first kappa shape index (κ1) is 11.7. The molecule has 0 bridgehead atoms. The second kappa shape index (κ2) is 4.09. The topological polar surface area (TPSA) is 56.7 Å². The summed E-state index contributed by atoms with van der Waals surface area (Å²) in [5.41, 5.74) is 12.2. The van der Waals surface area contributed by atoms with Gasteiger partial charge in [-0.15, -0.1) is 0 Å². The Kier molecular flexibility index (Phi) is 2.52. The lowest BCUT2D eigenvalue weighted by atomic mass is 10.1. The summed E-state index contributed by atoms with van der Waals surface area (Å²) in [6, 6.07) is 8.16. The van der Waals surface area contributed by atoms with Crippen LogP contribution < -0.4 is 5.73 Å². The molecule has 0 fully saturated rings. The van der Waals surface area contributed by atoms with Crippen LogP contribution in [0.2, 0.25) is 0 Å². The lowest BCUT2D eigenvalue weighted by Crippen LogP contribution is -2.04. The summed E-state index contributed by atoms with van der Waals surface area (Å²) in [6.45, 7) is 6.18. The van der Waals surface area contributed by atoms with E-state index in [0.717, 1.165) is 22.4 Å². The first-order chi connectivity index (χ1) is 9.08. The smallest absolute Gasteiger partial charge is 0.207 e. The molecule has 3 rings (SSSR count). The van der Waals surface area contributed by atoms with Crippen molar-refractivity contribution < 1.29 is 0 Å². The highest BCUT2D eigenvalue weighted by atomic mass is 15.2. The molecule has 0 atom stereocenters. The van der Waals surface area contributed by atoms with Gasteiger partial charge < -0.3 is 5.73 Å². The molecule has 0 amide bonds. The van der Waals surface area contributed by atoms with Gasteiger partial charge in [0.15, 0.2) is 5.65 Å². The predicted octanol–water partition coefficient (Wildman–Crippen LogP) is 2.93. The second-order valence-electron chi connectivity index (χ2n) is 4.88. The third-order valence-electron chi connectivity index (χ3n) is 3.48. The monoisotopic (exact) mass is 252 g/mol. The average Bonchev–Trinajstić information content (AvgIpc) is 2.68. The molecule has 0 saturated carbocycles. The molecule has 4 heteroatoms. The van der Waals surface area contributed by atoms with E-state index in [1.54, 1.807) is 0 Å². The van der Waals surface area contributed by atoms with E-state index in [1.165, 1.54) is 11.1 Å². The number of benzene rings is 1. The molecule has 2 heterocycles. The fourth-order valence-electron chi connectivity index (χ4n) is 2.30. The number of aryl methyl sites for hydroxylation is 2. The Hall–Kier alpha value is -2.36. The number of nitrogens with two attached hydrogens (primary N) is 1. The van der Waals surface area contributed by atoms with Gasteiger partial charge in [-0.2, -0.15) is 0 Å². The van der Waals surface area contributed by atoms with E-state index in [2.05, 4.69) is 29.9 Å². The van der Waals surface area contributed by atoms with Gasteiger partial charge in [-0.1, -0.05) is 12.1 Å². The highest BCUT2D eigenvalue weighted by Gasteiger charge is 2.13. The Labute approximate surface area is 111 Å². The molecule has 0 aliphatic rings. The minimum Gasteiger partial charge on any atom is -0.369 e. The van der Waals surface area contributed by atoms with Crippen LogP contribution >= 0.6 is 0 Å². The Morgan fingerprint density at radius 1 is 1.16 bits per heavy atom. The number of hydrogen-bond donors (Lipinski definition) is 1. The summed E-state index contributed by atoms with van der Waals surface area (Å²) in [5, 5.41) is 0. The van der Waals surface area contributed by atoms with Crippen molar-refractivity contribution in [1.29, 1.82) is 0 Å². The largest absolute Gasteiger partial charge is 0.369 e. The zero-order valence-electron chi connectivity index (χ0n) is 11.3. The molecule has 0 radical (unpaired) electrons. The standard InChI is InChI=1S/C15H16N4/c1-9-7-12-14(17-8-9)19(15(16)18-12)13-6-4-5-10(2)11(13)3/h4-8H,1-3H3,(H2,16,18). The number of pyridine rings is 1. The molecule has 1 aromatic carbocycles. The van der Waals surface area contributed by atoms with Gasteiger partial charge >= 0.3 is 0 Å². The van der Waals surface area contributed by atoms with Gasteiger partial charge in [0.1, 0.15) is 5.52 Å². The minimum absolute atomic E-state index is 0.474. The number of imidazole rings is 1. The van der Waals surface area contributed by atoms with E-state index in [4.69, 9.17) is 5.73 Å². The highest BCUT2D eigenvalue weighted by Crippen LogP contribution is 2.25. The molecule has 0 saturated heterocycles. The SMILES string of the molecule is Cc1cnc2c(c1)nc(N)n2-c1cccc(C)c1C. The van der Waals surface area contributed by atoms with Crippen LogP contribution in [-0.4, -0.2) is 14.5 Å². The molecule has 96 valence electrons. The lowest BCUT2D eigenvalue weighted by molar-refractivity contribution is 1.06. The van der Waals surface area contributed by atoms with Crippen molar-refractivity contribution in [2.75, 3.05) is 5.73 Å². The van der Waals surface area contributed by atoms with E-state index in [9.17, 15) is 0 Å². The zero-order valence-corrected chi connectivity index (χ0v) is 11.3. The molecule has 0 aliphatic heterocycles. The fourth-order valence-corrected chi connectivity index (χ4v) is 2.30. The van der Waals surface area contributed by atoms with E-state index in [-0.39, 0.29) is 0 Å². The summed E-state index contributed by atoms with van der Waals surface area (Å²) in [7, 11) is 0. The average molecular weight is 252 g/mol. The maximum Gasteiger partial charge on any atom is 0.207 e. The van der Waals surface area contributed by atoms with Crippen molar-refractivity contribution >= 4 is 17.1 Å². The van der Waals surface area contributed by atoms with E-state index in [1.807, 2.05) is 35.9 Å². The van der Waals surface area contributed by atoms with Gasteiger partial charge in [0, 0.05) is 6.20 Å². The zero-order chi connectivity index (χ0) is 13.6. The summed E-state index contributed by atoms with van der Waals surface area (Å²) in [5.74, 6) is 0.474. The van der Waals surface area contributed by atoms with Gasteiger partial charge in [0.2, 0.25) is 5.95 Å². The first-order valence-corrected chi connectivity index (χ1v) is 6.25. The molecule has 3 aromatic rings. The third kappa shape index (κ3) is 1.76. The second-order valence-corrected chi connectivity index (χ2v) is 4.88. The van der Waals surface area contributed by atoms with Crippen LogP contribution in [0.15, 0.2) is 30.5 Å². The lowest BCUT2D eigenvalue weighted by Gasteiger charge is -2.11. The van der Waals surface area contributed by atoms with Crippen molar-refractivity contribution in [3.63, 3.8) is 0 Å². The van der Waals surface area contributed by atoms with Crippen LogP contribution in [0.1, 0.15) is 16.7 Å². The Morgan fingerprint density at radius 2 is 1.95 bits per heavy atom. The van der Waals surface area contributed by atoms with E-state index in [0.29, 0.717) is 5.95 Å². The maximum atomic E-state index is 6.07. The number of nitrogen functional groups attached to an aromatic ring is 1. The normalized spacial score (nSPS) is 11.1. The van der Waals surface area contributed by atoms with Crippen LogP contribution in [-0.2, 0) is 0 Å². The van der Waals surface area contributed by atoms with Crippen LogP contribution in [0.25, 0.3) is 16.9 Å². The van der Waals surface area contributed by atoms with Crippen molar-refractivity contribution in [3.05, 3.63) is 47.2 Å². The van der Waals surface area contributed by atoms with Crippen molar-refractivity contribution in [2.45, 2.75) is 20.8 Å². The van der Waals surface area contributed by atoms with E-state index >= 15 is 0 Å². The maximum absolute atomic E-state index is 6.07. The van der Waals surface area contributed by atoms with Gasteiger partial charge in [-0.25, -0.2) is 9.97 Å². The van der Waals surface area contributed by atoms with Crippen LogP contribution in [0, 0.1) is 20.8 Å². The fraction of sp³-hybridized carbons (Fsp3) is 0.200. The predicted molar refractivity (Wildman–Crippen MR) is 77.5 cm³/mol. The van der Waals surface area contributed by atoms with Crippen LogP contribution in [0.5, 0.6) is 0 Å². The third-order valence-corrected chi connectivity index (χ3v) is 3.48. The molecule has 4 nitrogen and oxygen atoms in total. The van der Waals surface area contributed by atoms with Crippen molar-refractivity contribution in [1.82, 2.24) is 14.5 Å². The highest BCUT2D eigenvalue weighted by molar-refractivity contribution is 5.78. The van der Waals surface area contributed by atoms with E-state index < -0.39 is 0 Å². The molecule has 0 aliphatic carbocycles. The Bertz CT molecular complexity index is 771. The van der Waals surface area contributed by atoms with Gasteiger partial charge in [-0.05, 0) is 49.6 Å². The summed E-state index contributed by atoms with van der Waals surface area (Å²) in [6.07, 6.45) is 1.84. The number of anilines is 1. The Balaban J connectivity index is 2.36. The molecule has 0 spiro atoms. The van der Waals surface area contributed by atoms with Gasteiger partial charge in [0.25, 0.3) is 0 Å². The van der Waals surface area contributed by atoms with Crippen molar-refractivity contribution in [2.24, 2.45) is 0 Å². The molecular weight excluding hydrogens is 236 g/mol. The first-order valence-electron chi connectivity index (χ1n) is 6.25. The summed E-state index contributed by atoms with van der Waals surface area (Å²) < 4.78 is 1.91. The van der Waals surface area contributed by atoms with Crippen molar-refractivity contribution in [3.8, 4) is 5.69 Å². The Morgan fingerprint density at radius 3 is 2.74 bits per heavy atom. The summed E-state index contributed by atoms with van der Waals surface area (Å²) in [4.78, 5) is 8.87. The van der Waals surface area contributed by atoms with Crippen LogP contribution in [0.3, 0.4) is 0 Å². The quantitative estimate of drug-likeness (QED) is 0.724. The number of fused-ring (bicyclic) bond motifs is 1. The number of nitrogens with zero attached hydrogens (tertiary/aromatic N) is 3.